The Labute approximate surface area is 137 Å². The molecule has 4 N–H and O–H groups in total. The molecule has 0 spiro atoms. The molecule has 0 aliphatic carbocycles. The Balaban J connectivity index is 1.97. The quantitative estimate of drug-likeness (QED) is 0.833. The lowest BCUT2D eigenvalue weighted by atomic mass is 10.1. The second kappa shape index (κ2) is 5.30. The van der Waals surface area contributed by atoms with E-state index < -0.39 is 0 Å². The Bertz CT molecular complexity index is 760. The molecule has 1 aromatic heterocycles. The third-order valence-electron chi connectivity index (χ3n) is 3.65. The van der Waals surface area contributed by atoms with Crippen molar-refractivity contribution in [2.75, 3.05) is 11.5 Å². The predicted molar refractivity (Wildman–Crippen MR) is 85.6 cm³/mol. The summed E-state index contributed by atoms with van der Waals surface area (Å²) in [6.07, 6.45) is 0. The summed E-state index contributed by atoms with van der Waals surface area (Å²) in [7, 11) is 0. The van der Waals surface area contributed by atoms with Crippen LogP contribution in [0.4, 0.5) is 11.8 Å². The highest BCUT2D eigenvalue weighted by Gasteiger charge is 2.34. The monoisotopic (exact) mass is 337 g/mol. The van der Waals surface area contributed by atoms with Crippen LogP contribution in [0.15, 0.2) is 18.2 Å². The average molecular weight is 338 g/mol. The van der Waals surface area contributed by atoms with Crippen LogP contribution in [0.5, 0.6) is 0 Å². The molecule has 2 aromatic rings. The molecule has 1 amide bonds. The summed E-state index contributed by atoms with van der Waals surface area (Å²) in [6, 6.07) is 4.48. The Hall–Kier alpha value is -2.05. The van der Waals surface area contributed by atoms with E-state index in [2.05, 4.69) is 9.97 Å². The number of aromatic nitrogens is 2. The number of amides is 1. The van der Waals surface area contributed by atoms with E-state index in [-0.39, 0.29) is 17.9 Å². The molecular formula is C14H13Cl2N5O. The van der Waals surface area contributed by atoms with Crippen LogP contribution in [0, 0.1) is 0 Å². The SMILES string of the molecule is C[C@H]1c2nc(N)nc(N)c2CN1C(=O)c1cc(Cl)cc(Cl)c1. The number of rotatable bonds is 1. The fourth-order valence-electron chi connectivity index (χ4n) is 2.59. The number of carbonyl (C=O) groups is 1. The van der Waals surface area contributed by atoms with E-state index in [0.29, 0.717) is 33.7 Å². The van der Waals surface area contributed by atoms with E-state index in [4.69, 9.17) is 34.7 Å². The highest BCUT2D eigenvalue weighted by atomic mass is 35.5. The fourth-order valence-corrected chi connectivity index (χ4v) is 3.12. The molecule has 1 aromatic carbocycles. The van der Waals surface area contributed by atoms with Gasteiger partial charge in [-0.1, -0.05) is 23.2 Å². The van der Waals surface area contributed by atoms with Crippen LogP contribution >= 0.6 is 23.2 Å². The summed E-state index contributed by atoms with van der Waals surface area (Å²) < 4.78 is 0. The topological polar surface area (TPSA) is 98.1 Å². The highest BCUT2D eigenvalue weighted by Crippen LogP contribution is 2.36. The number of nitrogens with two attached hydrogens (primary N) is 2. The lowest BCUT2D eigenvalue weighted by Crippen LogP contribution is -2.28. The van der Waals surface area contributed by atoms with Gasteiger partial charge in [0, 0.05) is 21.2 Å². The molecule has 0 saturated carbocycles. The first kappa shape index (κ1) is 14.9. The second-order valence-corrected chi connectivity index (χ2v) is 5.97. The van der Waals surface area contributed by atoms with Crippen molar-refractivity contribution in [2.45, 2.75) is 19.5 Å². The van der Waals surface area contributed by atoms with E-state index in [1.165, 1.54) is 0 Å². The fraction of sp³-hybridized carbons (Fsp3) is 0.214. The standard InChI is InChI=1S/C14H13Cl2N5O/c1-6-11-10(12(17)20-14(18)19-11)5-21(6)13(22)7-2-8(15)4-9(16)3-7/h2-4,6H,5H2,1H3,(H4,17,18,19,20)/t6-/m0/s1. The van der Waals surface area contributed by atoms with Gasteiger partial charge >= 0.3 is 0 Å². The van der Waals surface area contributed by atoms with Gasteiger partial charge in [-0.3, -0.25) is 4.79 Å². The summed E-state index contributed by atoms with van der Waals surface area (Å²) >= 11 is 11.9. The van der Waals surface area contributed by atoms with Crippen LogP contribution in [0.3, 0.4) is 0 Å². The molecule has 2 heterocycles. The van der Waals surface area contributed by atoms with Gasteiger partial charge in [0.25, 0.3) is 5.91 Å². The van der Waals surface area contributed by atoms with Crippen molar-refractivity contribution in [3.63, 3.8) is 0 Å². The van der Waals surface area contributed by atoms with Crippen LogP contribution in [-0.4, -0.2) is 20.8 Å². The zero-order valence-electron chi connectivity index (χ0n) is 11.7. The first-order valence-electron chi connectivity index (χ1n) is 6.55. The Kier molecular flexibility index (Phi) is 3.58. The van der Waals surface area contributed by atoms with E-state index in [9.17, 15) is 4.79 Å². The van der Waals surface area contributed by atoms with Crippen LogP contribution in [0.25, 0.3) is 0 Å². The van der Waals surface area contributed by atoms with E-state index in [1.807, 2.05) is 6.92 Å². The van der Waals surface area contributed by atoms with Crippen LogP contribution in [-0.2, 0) is 6.54 Å². The largest absolute Gasteiger partial charge is 0.383 e. The maximum absolute atomic E-state index is 12.7. The van der Waals surface area contributed by atoms with Crippen LogP contribution in [0.2, 0.25) is 10.0 Å². The van der Waals surface area contributed by atoms with Gasteiger partial charge in [-0.15, -0.1) is 0 Å². The summed E-state index contributed by atoms with van der Waals surface area (Å²) in [5.41, 5.74) is 13.3. The molecule has 3 rings (SSSR count). The highest BCUT2D eigenvalue weighted by molar-refractivity contribution is 6.35. The zero-order chi connectivity index (χ0) is 16.0. The van der Waals surface area contributed by atoms with Crippen LogP contribution in [0.1, 0.15) is 34.6 Å². The van der Waals surface area contributed by atoms with E-state index in [1.54, 1.807) is 23.1 Å². The summed E-state index contributed by atoms with van der Waals surface area (Å²) in [5.74, 6) is 0.199. The van der Waals surface area contributed by atoms with Crippen molar-refractivity contribution in [3.8, 4) is 0 Å². The van der Waals surface area contributed by atoms with Gasteiger partial charge in [-0.2, -0.15) is 4.98 Å². The van der Waals surface area contributed by atoms with Gasteiger partial charge < -0.3 is 16.4 Å². The minimum absolute atomic E-state index is 0.100. The molecular weight excluding hydrogens is 325 g/mol. The summed E-state index contributed by atoms with van der Waals surface area (Å²) in [4.78, 5) is 22.5. The molecule has 22 heavy (non-hydrogen) atoms. The third-order valence-corrected chi connectivity index (χ3v) is 4.09. The normalized spacial score (nSPS) is 16.7. The predicted octanol–water partition coefficient (Wildman–Crippen LogP) is 2.66. The molecule has 0 bridgehead atoms. The van der Waals surface area contributed by atoms with E-state index in [0.717, 1.165) is 5.56 Å². The Morgan fingerprint density at radius 2 is 1.86 bits per heavy atom. The number of carbonyl (C=O) groups excluding carboxylic acids is 1. The molecule has 6 nitrogen and oxygen atoms in total. The van der Waals surface area contributed by atoms with Crippen molar-refractivity contribution >= 4 is 40.9 Å². The van der Waals surface area contributed by atoms with Crippen molar-refractivity contribution in [1.82, 2.24) is 14.9 Å². The molecule has 0 radical (unpaired) electrons. The van der Waals surface area contributed by atoms with Crippen molar-refractivity contribution in [2.24, 2.45) is 0 Å². The first-order chi connectivity index (χ1) is 10.4. The Morgan fingerprint density at radius 3 is 2.50 bits per heavy atom. The maximum Gasteiger partial charge on any atom is 0.254 e. The van der Waals surface area contributed by atoms with Crippen molar-refractivity contribution < 1.29 is 4.79 Å². The number of nitrogens with zero attached hydrogens (tertiary/aromatic N) is 3. The van der Waals surface area contributed by atoms with Crippen molar-refractivity contribution in [3.05, 3.63) is 45.1 Å². The zero-order valence-corrected chi connectivity index (χ0v) is 13.2. The van der Waals surface area contributed by atoms with Crippen molar-refractivity contribution in [1.29, 1.82) is 0 Å². The average Bonchev–Trinajstić information content (AvgIpc) is 2.75. The number of benzene rings is 1. The molecule has 0 saturated heterocycles. The third kappa shape index (κ3) is 2.44. The van der Waals surface area contributed by atoms with Gasteiger partial charge in [0.1, 0.15) is 5.82 Å². The smallest absolute Gasteiger partial charge is 0.254 e. The first-order valence-corrected chi connectivity index (χ1v) is 7.31. The Morgan fingerprint density at radius 1 is 1.23 bits per heavy atom. The van der Waals surface area contributed by atoms with Gasteiger partial charge in [-0.05, 0) is 25.1 Å². The molecule has 1 aliphatic rings. The lowest BCUT2D eigenvalue weighted by molar-refractivity contribution is 0.0703. The lowest BCUT2D eigenvalue weighted by Gasteiger charge is -2.21. The molecule has 8 heteroatoms. The van der Waals surface area contributed by atoms with Gasteiger partial charge in [0.2, 0.25) is 5.95 Å². The van der Waals surface area contributed by atoms with Crippen LogP contribution < -0.4 is 11.5 Å². The molecule has 114 valence electrons. The number of hydrogen-bond donors (Lipinski definition) is 2. The summed E-state index contributed by atoms with van der Waals surface area (Å²) in [6.45, 7) is 2.19. The number of nitrogen functional groups attached to an aromatic ring is 2. The minimum atomic E-state index is -0.257. The molecule has 1 aliphatic heterocycles. The summed E-state index contributed by atoms with van der Waals surface area (Å²) in [5, 5.41) is 0.813. The number of hydrogen-bond acceptors (Lipinski definition) is 5. The molecule has 1 atom stereocenters. The van der Waals surface area contributed by atoms with E-state index >= 15 is 0 Å². The van der Waals surface area contributed by atoms with Gasteiger partial charge in [0.15, 0.2) is 0 Å². The molecule has 0 fully saturated rings. The number of fused-ring (bicyclic) bond motifs is 1. The minimum Gasteiger partial charge on any atom is -0.383 e. The molecule has 0 unspecified atom stereocenters. The number of halogens is 2. The second-order valence-electron chi connectivity index (χ2n) is 5.10. The van der Waals surface area contributed by atoms with Gasteiger partial charge in [0.05, 0.1) is 18.3 Å². The number of anilines is 2. The van der Waals surface area contributed by atoms with Gasteiger partial charge in [-0.25, -0.2) is 4.98 Å². The maximum atomic E-state index is 12.7.